The summed E-state index contributed by atoms with van der Waals surface area (Å²) in [4.78, 5) is 7.11. The Labute approximate surface area is 126 Å². The van der Waals surface area contributed by atoms with E-state index < -0.39 is 17.6 Å². The largest absolute Gasteiger partial charge is 0.418 e. The molecule has 3 aromatic rings. The molecule has 2 heterocycles. The fourth-order valence-electron chi connectivity index (χ4n) is 2.16. The van der Waals surface area contributed by atoms with Crippen LogP contribution in [-0.4, -0.2) is 19.7 Å². The van der Waals surface area contributed by atoms with Crippen molar-refractivity contribution in [2.45, 2.75) is 6.18 Å². The standard InChI is InChI=1S/C13H7ClF4N4/c1-22-5-7-2-6(11-9(15)4-19-12(14)20-11)3-8(10(7)21-22)13(16,17)18/h2-5H,1H3. The molecule has 0 spiro atoms. The second kappa shape index (κ2) is 4.91. The third-order valence-corrected chi connectivity index (χ3v) is 3.20. The second-order valence-electron chi connectivity index (χ2n) is 4.60. The zero-order valence-electron chi connectivity index (χ0n) is 11.0. The molecule has 0 N–H and O–H groups in total. The number of hydrogen-bond donors (Lipinski definition) is 0. The Bertz CT molecular complexity index is 872. The molecule has 0 saturated carbocycles. The number of halogens is 5. The maximum Gasteiger partial charge on any atom is 0.418 e. The third-order valence-electron chi connectivity index (χ3n) is 3.02. The Hall–Kier alpha value is -2.22. The van der Waals surface area contributed by atoms with Crippen LogP contribution >= 0.6 is 11.6 Å². The molecule has 0 aliphatic carbocycles. The molecule has 0 fully saturated rings. The summed E-state index contributed by atoms with van der Waals surface area (Å²) >= 11 is 5.59. The fraction of sp³-hybridized carbons (Fsp3) is 0.154. The normalized spacial score (nSPS) is 12.1. The Morgan fingerprint density at radius 3 is 2.64 bits per heavy atom. The summed E-state index contributed by atoms with van der Waals surface area (Å²) in [6, 6.07) is 2.18. The van der Waals surface area contributed by atoms with E-state index in [9.17, 15) is 17.6 Å². The van der Waals surface area contributed by atoms with E-state index in [2.05, 4.69) is 15.1 Å². The quantitative estimate of drug-likeness (QED) is 0.503. The van der Waals surface area contributed by atoms with Gasteiger partial charge < -0.3 is 0 Å². The van der Waals surface area contributed by atoms with Crippen molar-refractivity contribution in [1.82, 2.24) is 19.7 Å². The first-order valence-corrected chi connectivity index (χ1v) is 6.36. The van der Waals surface area contributed by atoms with E-state index in [1.807, 2.05) is 0 Å². The van der Waals surface area contributed by atoms with Gasteiger partial charge in [0.05, 0.1) is 11.8 Å². The monoisotopic (exact) mass is 330 g/mol. The van der Waals surface area contributed by atoms with E-state index >= 15 is 0 Å². The van der Waals surface area contributed by atoms with Crippen LogP contribution in [0.25, 0.3) is 22.2 Å². The fourth-order valence-corrected chi connectivity index (χ4v) is 2.29. The highest BCUT2D eigenvalue weighted by molar-refractivity contribution is 6.28. The van der Waals surface area contributed by atoms with Gasteiger partial charge in [-0.25, -0.2) is 14.4 Å². The molecule has 3 rings (SSSR count). The van der Waals surface area contributed by atoms with Crippen molar-refractivity contribution in [2.75, 3.05) is 0 Å². The van der Waals surface area contributed by atoms with Crippen LogP contribution < -0.4 is 0 Å². The number of hydrogen-bond acceptors (Lipinski definition) is 3. The number of rotatable bonds is 1. The number of benzene rings is 1. The molecule has 114 valence electrons. The van der Waals surface area contributed by atoms with Crippen molar-refractivity contribution in [3.63, 3.8) is 0 Å². The second-order valence-corrected chi connectivity index (χ2v) is 4.94. The van der Waals surface area contributed by atoms with E-state index in [-0.39, 0.29) is 27.4 Å². The number of alkyl halides is 3. The molecule has 4 nitrogen and oxygen atoms in total. The van der Waals surface area contributed by atoms with Crippen LogP contribution in [0.4, 0.5) is 17.6 Å². The average Bonchev–Trinajstić information content (AvgIpc) is 2.79. The molecule has 0 saturated heterocycles. The van der Waals surface area contributed by atoms with Gasteiger partial charge in [-0.15, -0.1) is 0 Å². The van der Waals surface area contributed by atoms with E-state index in [0.29, 0.717) is 0 Å². The molecule has 22 heavy (non-hydrogen) atoms. The van der Waals surface area contributed by atoms with Crippen LogP contribution in [-0.2, 0) is 13.2 Å². The molecular weight excluding hydrogens is 324 g/mol. The molecule has 0 aliphatic rings. The Balaban J connectivity index is 2.34. The van der Waals surface area contributed by atoms with Crippen molar-refractivity contribution in [3.05, 3.63) is 41.2 Å². The van der Waals surface area contributed by atoms with Crippen molar-refractivity contribution in [2.24, 2.45) is 7.05 Å². The van der Waals surface area contributed by atoms with Gasteiger partial charge in [-0.05, 0) is 23.7 Å². The summed E-state index contributed by atoms with van der Waals surface area (Å²) in [5.74, 6) is -0.860. The van der Waals surface area contributed by atoms with Gasteiger partial charge in [-0.1, -0.05) is 0 Å². The van der Waals surface area contributed by atoms with Crippen molar-refractivity contribution < 1.29 is 17.6 Å². The molecular formula is C13H7ClF4N4. The summed E-state index contributed by atoms with van der Waals surface area (Å²) < 4.78 is 54.7. The lowest BCUT2D eigenvalue weighted by Crippen LogP contribution is -2.07. The van der Waals surface area contributed by atoms with Crippen LogP contribution in [0.2, 0.25) is 5.28 Å². The highest BCUT2D eigenvalue weighted by atomic mass is 35.5. The van der Waals surface area contributed by atoms with Crippen LogP contribution in [0.15, 0.2) is 24.5 Å². The molecule has 1 aromatic carbocycles. The lowest BCUT2D eigenvalue weighted by molar-refractivity contribution is -0.136. The Kier molecular flexibility index (Phi) is 3.28. The molecule has 0 unspecified atom stereocenters. The van der Waals surface area contributed by atoms with E-state index in [4.69, 9.17) is 11.6 Å². The highest BCUT2D eigenvalue weighted by Gasteiger charge is 2.34. The molecule has 9 heteroatoms. The van der Waals surface area contributed by atoms with Crippen molar-refractivity contribution in [1.29, 1.82) is 0 Å². The Morgan fingerprint density at radius 2 is 1.95 bits per heavy atom. The van der Waals surface area contributed by atoms with Gasteiger partial charge in [-0.2, -0.15) is 18.3 Å². The zero-order valence-corrected chi connectivity index (χ0v) is 11.7. The van der Waals surface area contributed by atoms with Gasteiger partial charge in [0.15, 0.2) is 5.82 Å². The predicted octanol–water partition coefficient (Wildman–Crippen LogP) is 3.84. The lowest BCUT2D eigenvalue weighted by Gasteiger charge is -2.10. The highest BCUT2D eigenvalue weighted by Crippen LogP contribution is 2.37. The lowest BCUT2D eigenvalue weighted by atomic mass is 10.0. The Morgan fingerprint density at radius 1 is 1.23 bits per heavy atom. The smallest absolute Gasteiger partial charge is 0.275 e. The number of aryl methyl sites for hydroxylation is 1. The summed E-state index contributed by atoms with van der Waals surface area (Å²) in [6.45, 7) is 0. The predicted molar refractivity (Wildman–Crippen MR) is 71.7 cm³/mol. The summed E-state index contributed by atoms with van der Waals surface area (Å²) in [5, 5.41) is 3.77. The van der Waals surface area contributed by atoms with Gasteiger partial charge in [0.2, 0.25) is 5.28 Å². The van der Waals surface area contributed by atoms with Crippen LogP contribution in [0.1, 0.15) is 5.56 Å². The van der Waals surface area contributed by atoms with E-state index in [1.54, 1.807) is 0 Å². The van der Waals surface area contributed by atoms with E-state index in [0.717, 1.165) is 12.3 Å². The van der Waals surface area contributed by atoms with Gasteiger partial charge in [0.1, 0.15) is 11.2 Å². The zero-order chi connectivity index (χ0) is 16.1. The molecule has 0 aliphatic heterocycles. The van der Waals surface area contributed by atoms with E-state index in [1.165, 1.54) is 24.0 Å². The van der Waals surface area contributed by atoms with Gasteiger partial charge >= 0.3 is 6.18 Å². The van der Waals surface area contributed by atoms with Gasteiger partial charge in [-0.3, -0.25) is 4.68 Å². The SMILES string of the molecule is Cn1cc2cc(-c3nc(Cl)ncc3F)cc(C(F)(F)F)c2n1. The molecule has 0 atom stereocenters. The molecule has 0 amide bonds. The molecule has 0 bridgehead atoms. The first-order valence-electron chi connectivity index (χ1n) is 5.99. The summed E-state index contributed by atoms with van der Waals surface area (Å²) in [6.07, 6.45) is -2.41. The maximum absolute atomic E-state index is 13.8. The first kappa shape index (κ1) is 14.7. The van der Waals surface area contributed by atoms with Crippen LogP contribution in [0.5, 0.6) is 0 Å². The van der Waals surface area contributed by atoms with Crippen molar-refractivity contribution in [3.8, 4) is 11.3 Å². The number of aromatic nitrogens is 4. The van der Waals surface area contributed by atoms with Gasteiger partial charge in [0, 0.05) is 24.2 Å². The van der Waals surface area contributed by atoms with Crippen LogP contribution in [0.3, 0.4) is 0 Å². The minimum Gasteiger partial charge on any atom is -0.275 e. The van der Waals surface area contributed by atoms with Crippen LogP contribution in [0, 0.1) is 5.82 Å². The van der Waals surface area contributed by atoms with Crippen molar-refractivity contribution >= 4 is 22.5 Å². The average molecular weight is 331 g/mol. The van der Waals surface area contributed by atoms with Gasteiger partial charge in [0.25, 0.3) is 0 Å². The summed E-state index contributed by atoms with van der Waals surface area (Å²) in [5.41, 5.74) is -1.51. The minimum absolute atomic E-state index is 0.0466. The first-order chi connectivity index (χ1) is 10.3. The molecule has 2 aromatic heterocycles. The third kappa shape index (κ3) is 2.50. The maximum atomic E-state index is 13.8. The number of fused-ring (bicyclic) bond motifs is 1. The number of nitrogens with zero attached hydrogens (tertiary/aromatic N) is 4. The topological polar surface area (TPSA) is 43.6 Å². The molecule has 0 radical (unpaired) electrons. The minimum atomic E-state index is -4.63. The summed E-state index contributed by atoms with van der Waals surface area (Å²) in [7, 11) is 1.50.